The fourth-order valence-corrected chi connectivity index (χ4v) is 2.15. The van der Waals surface area contributed by atoms with Gasteiger partial charge in [0.15, 0.2) is 5.78 Å². The minimum absolute atomic E-state index is 0.0788. The Kier molecular flexibility index (Phi) is 1.95. The Morgan fingerprint density at radius 2 is 1.53 bits per heavy atom. The minimum atomic E-state index is -1.52. The molecule has 0 saturated heterocycles. The van der Waals surface area contributed by atoms with Gasteiger partial charge in [-0.25, -0.2) is 0 Å². The standard InChI is InChI=1S/C14H7FO2/c15-14(17)8-5-6-10-9-3-1-2-4-11(9)13(16)12(10)7-8/h1-7H. The van der Waals surface area contributed by atoms with Crippen molar-refractivity contribution in [3.05, 3.63) is 59.2 Å². The molecule has 0 fully saturated rings. The predicted molar refractivity (Wildman–Crippen MR) is 60.7 cm³/mol. The molecule has 2 aromatic carbocycles. The number of benzene rings is 2. The molecule has 0 atom stereocenters. The van der Waals surface area contributed by atoms with Gasteiger partial charge in [0.1, 0.15) is 0 Å². The quantitative estimate of drug-likeness (QED) is 0.598. The first-order valence-corrected chi connectivity index (χ1v) is 5.16. The van der Waals surface area contributed by atoms with Crippen LogP contribution in [0.2, 0.25) is 0 Å². The number of rotatable bonds is 1. The van der Waals surface area contributed by atoms with Crippen LogP contribution in [0.15, 0.2) is 42.5 Å². The zero-order valence-corrected chi connectivity index (χ0v) is 8.74. The Labute approximate surface area is 96.7 Å². The van der Waals surface area contributed by atoms with Gasteiger partial charge >= 0.3 is 6.04 Å². The maximum Gasteiger partial charge on any atom is 0.332 e. The zero-order chi connectivity index (χ0) is 12.0. The highest BCUT2D eigenvalue weighted by molar-refractivity contribution is 6.22. The third-order valence-electron chi connectivity index (χ3n) is 2.95. The van der Waals surface area contributed by atoms with E-state index in [1.807, 2.05) is 12.1 Å². The van der Waals surface area contributed by atoms with Crippen molar-refractivity contribution in [2.45, 2.75) is 0 Å². The van der Waals surface area contributed by atoms with Crippen molar-refractivity contribution < 1.29 is 14.0 Å². The molecule has 17 heavy (non-hydrogen) atoms. The molecule has 0 aliphatic heterocycles. The van der Waals surface area contributed by atoms with Crippen LogP contribution < -0.4 is 0 Å². The van der Waals surface area contributed by atoms with Gasteiger partial charge in [-0.15, -0.1) is 0 Å². The van der Waals surface area contributed by atoms with E-state index in [9.17, 15) is 14.0 Å². The van der Waals surface area contributed by atoms with E-state index in [2.05, 4.69) is 0 Å². The van der Waals surface area contributed by atoms with Gasteiger partial charge in [-0.05, 0) is 23.3 Å². The summed E-state index contributed by atoms with van der Waals surface area (Å²) in [4.78, 5) is 22.7. The summed E-state index contributed by atoms with van der Waals surface area (Å²) in [5.74, 6) is -0.154. The van der Waals surface area contributed by atoms with E-state index in [0.29, 0.717) is 11.1 Å². The molecule has 2 nitrogen and oxygen atoms in total. The van der Waals surface area contributed by atoms with Gasteiger partial charge in [0.05, 0.1) is 5.56 Å². The SMILES string of the molecule is O=C(F)c1ccc2c(c1)C(=O)c1ccccc1-2. The second-order valence-corrected chi connectivity index (χ2v) is 3.91. The average Bonchev–Trinajstić information content (AvgIpc) is 2.64. The molecule has 1 aliphatic rings. The maximum absolute atomic E-state index is 12.6. The van der Waals surface area contributed by atoms with E-state index >= 15 is 0 Å². The molecule has 0 amide bonds. The number of hydrogen-bond acceptors (Lipinski definition) is 2. The lowest BCUT2D eigenvalue weighted by Crippen LogP contribution is -1.97. The first kappa shape index (κ1) is 9.90. The summed E-state index contributed by atoms with van der Waals surface area (Å²) in [5, 5.41) is 0. The van der Waals surface area contributed by atoms with Crippen molar-refractivity contribution in [1.29, 1.82) is 0 Å². The molecule has 0 spiro atoms. The molecule has 2 aromatic rings. The zero-order valence-electron chi connectivity index (χ0n) is 8.74. The fraction of sp³-hybridized carbons (Fsp3) is 0. The van der Waals surface area contributed by atoms with Crippen LogP contribution in [-0.2, 0) is 0 Å². The largest absolute Gasteiger partial charge is 0.332 e. The van der Waals surface area contributed by atoms with Crippen LogP contribution in [-0.4, -0.2) is 11.8 Å². The lowest BCUT2D eigenvalue weighted by Gasteiger charge is -1.99. The van der Waals surface area contributed by atoms with E-state index < -0.39 is 6.04 Å². The van der Waals surface area contributed by atoms with Crippen LogP contribution in [0.3, 0.4) is 0 Å². The monoisotopic (exact) mass is 226 g/mol. The van der Waals surface area contributed by atoms with Crippen LogP contribution >= 0.6 is 0 Å². The van der Waals surface area contributed by atoms with Gasteiger partial charge in [-0.3, -0.25) is 9.59 Å². The highest BCUT2D eigenvalue weighted by atomic mass is 19.1. The Hall–Kier alpha value is -2.29. The predicted octanol–water partition coefficient (Wildman–Crippen LogP) is 3.01. The van der Waals surface area contributed by atoms with Gasteiger partial charge in [0.25, 0.3) is 0 Å². The summed E-state index contributed by atoms with van der Waals surface area (Å²) in [6, 6.07) is 10.0. The van der Waals surface area contributed by atoms with E-state index in [-0.39, 0.29) is 11.3 Å². The lowest BCUT2D eigenvalue weighted by molar-refractivity contribution is 0.0836. The van der Waals surface area contributed by atoms with Crippen molar-refractivity contribution in [2.24, 2.45) is 0 Å². The summed E-state index contributed by atoms with van der Waals surface area (Å²) < 4.78 is 12.6. The summed E-state index contributed by atoms with van der Waals surface area (Å²) in [6.45, 7) is 0. The summed E-state index contributed by atoms with van der Waals surface area (Å²) in [6.07, 6.45) is 0. The Morgan fingerprint density at radius 3 is 2.24 bits per heavy atom. The molecular weight excluding hydrogens is 219 g/mol. The van der Waals surface area contributed by atoms with Crippen LogP contribution in [0.5, 0.6) is 0 Å². The molecule has 0 unspecified atom stereocenters. The molecular formula is C14H7FO2. The van der Waals surface area contributed by atoms with Crippen molar-refractivity contribution in [1.82, 2.24) is 0 Å². The van der Waals surface area contributed by atoms with Crippen LogP contribution in [0.4, 0.5) is 4.39 Å². The smallest absolute Gasteiger partial charge is 0.289 e. The molecule has 3 heteroatoms. The second kappa shape index (κ2) is 3.35. The van der Waals surface area contributed by atoms with Gasteiger partial charge in [0, 0.05) is 11.1 Å². The average molecular weight is 226 g/mol. The van der Waals surface area contributed by atoms with Crippen molar-refractivity contribution in [2.75, 3.05) is 0 Å². The molecule has 0 radical (unpaired) electrons. The highest BCUT2D eigenvalue weighted by Gasteiger charge is 2.26. The lowest BCUT2D eigenvalue weighted by atomic mass is 10.0. The molecule has 1 aliphatic carbocycles. The van der Waals surface area contributed by atoms with E-state index in [1.165, 1.54) is 12.1 Å². The summed E-state index contributed by atoms with van der Waals surface area (Å²) in [7, 11) is 0. The van der Waals surface area contributed by atoms with E-state index in [0.717, 1.165) is 11.1 Å². The minimum Gasteiger partial charge on any atom is -0.289 e. The van der Waals surface area contributed by atoms with Crippen molar-refractivity contribution in [3.63, 3.8) is 0 Å². The Bertz CT molecular complexity index is 659. The number of carbonyl (C=O) groups excluding carboxylic acids is 2. The van der Waals surface area contributed by atoms with Gasteiger partial charge in [0.2, 0.25) is 0 Å². The second-order valence-electron chi connectivity index (χ2n) is 3.91. The normalized spacial score (nSPS) is 12.2. The van der Waals surface area contributed by atoms with E-state index in [4.69, 9.17) is 0 Å². The molecule has 0 heterocycles. The van der Waals surface area contributed by atoms with Crippen molar-refractivity contribution in [3.8, 4) is 11.1 Å². The first-order chi connectivity index (χ1) is 8.18. The van der Waals surface area contributed by atoms with Gasteiger partial charge < -0.3 is 0 Å². The molecule has 3 rings (SSSR count). The van der Waals surface area contributed by atoms with Crippen LogP contribution in [0, 0.1) is 0 Å². The fourth-order valence-electron chi connectivity index (χ4n) is 2.15. The van der Waals surface area contributed by atoms with Crippen molar-refractivity contribution >= 4 is 11.8 Å². The third-order valence-corrected chi connectivity index (χ3v) is 2.95. The number of carbonyl (C=O) groups is 2. The molecule has 82 valence electrons. The summed E-state index contributed by atoms with van der Waals surface area (Å²) >= 11 is 0. The number of halogens is 1. The number of fused-ring (bicyclic) bond motifs is 3. The van der Waals surface area contributed by atoms with Crippen LogP contribution in [0.1, 0.15) is 26.3 Å². The topological polar surface area (TPSA) is 34.1 Å². The Morgan fingerprint density at radius 1 is 0.882 bits per heavy atom. The van der Waals surface area contributed by atoms with Crippen LogP contribution in [0.25, 0.3) is 11.1 Å². The molecule has 0 saturated carbocycles. The molecule has 0 bridgehead atoms. The first-order valence-electron chi connectivity index (χ1n) is 5.16. The van der Waals surface area contributed by atoms with Gasteiger partial charge in [-0.1, -0.05) is 30.3 Å². The van der Waals surface area contributed by atoms with Gasteiger partial charge in [-0.2, -0.15) is 4.39 Å². The number of ketones is 1. The highest BCUT2D eigenvalue weighted by Crippen LogP contribution is 2.36. The molecule has 0 N–H and O–H groups in total. The summed E-state index contributed by atoms with van der Waals surface area (Å²) in [5.41, 5.74) is 2.52. The number of hydrogen-bond donors (Lipinski definition) is 0. The third kappa shape index (κ3) is 1.32. The molecule has 0 aromatic heterocycles. The van der Waals surface area contributed by atoms with E-state index in [1.54, 1.807) is 18.2 Å². The Balaban J connectivity index is 2.28. The maximum atomic E-state index is 12.6.